The fourth-order valence-corrected chi connectivity index (χ4v) is 1.99. The first-order chi connectivity index (χ1) is 7.31. The minimum Gasteiger partial charge on any atom is -0.480 e. The van der Waals surface area contributed by atoms with Crippen molar-refractivity contribution >= 4 is 5.97 Å². The summed E-state index contributed by atoms with van der Waals surface area (Å²) in [5, 5.41) is 8.52. The third-order valence-corrected chi connectivity index (χ3v) is 2.81. The van der Waals surface area contributed by atoms with Crippen LogP contribution >= 0.6 is 0 Å². The quantitative estimate of drug-likeness (QED) is 0.796. The topological polar surface area (TPSA) is 49.8 Å². The number of carbonyl (C=O) groups is 1. The van der Waals surface area contributed by atoms with Crippen LogP contribution in [0.2, 0.25) is 0 Å². The molecule has 1 atom stereocenters. The van der Waals surface area contributed by atoms with Gasteiger partial charge >= 0.3 is 12.1 Å². The smallest absolute Gasteiger partial charge is 0.397 e. The largest absolute Gasteiger partial charge is 0.480 e. The van der Waals surface area contributed by atoms with Gasteiger partial charge in [-0.05, 0) is 13.0 Å². The summed E-state index contributed by atoms with van der Waals surface area (Å²) in [5.41, 5.74) is -1.92. The molecule has 0 amide bonds. The van der Waals surface area contributed by atoms with Gasteiger partial charge in [-0.25, -0.2) is 0 Å². The monoisotopic (exact) mass is 241 g/mol. The van der Waals surface area contributed by atoms with Crippen molar-refractivity contribution in [2.24, 2.45) is 5.41 Å². The Morgan fingerprint density at radius 1 is 1.56 bits per heavy atom. The highest BCUT2D eigenvalue weighted by molar-refractivity contribution is 5.69. The molecule has 0 aromatic carbocycles. The second-order valence-electron chi connectivity index (χ2n) is 4.07. The molecule has 7 heteroatoms. The molecule has 0 saturated carbocycles. The van der Waals surface area contributed by atoms with Crippen LogP contribution in [-0.4, -0.2) is 55.5 Å². The fraction of sp³-hybridized carbons (Fsp3) is 0.889. The number of alkyl halides is 3. The summed E-state index contributed by atoms with van der Waals surface area (Å²) in [7, 11) is 1.22. The second kappa shape index (κ2) is 4.58. The summed E-state index contributed by atoms with van der Waals surface area (Å²) in [6.45, 7) is -0.958. The van der Waals surface area contributed by atoms with Crippen LogP contribution in [0.25, 0.3) is 0 Å². The van der Waals surface area contributed by atoms with Crippen LogP contribution in [0, 0.1) is 5.41 Å². The van der Waals surface area contributed by atoms with Gasteiger partial charge in [-0.1, -0.05) is 0 Å². The van der Waals surface area contributed by atoms with Crippen molar-refractivity contribution in [2.75, 3.05) is 33.4 Å². The predicted molar refractivity (Wildman–Crippen MR) is 49.1 cm³/mol. The molecule has 16 heavy (non-hydrogen) atoms. The van der Waals surface area contributed by atoms with E-state index in [4.69, 9.17) is 5.11 Å². The number of rotatable bonds is 4. The summed E-state index contributed by atoms with van der Waals surface area (Å²) < 4.78 is 43.2. The molecule has 1 aliphatic heterocycles. The lowest BCUT2D eigenvalue weighted by Crippen LogP contribution is -2.44. The molecule has 1 aliphatic rings. The Labute approximate surface area is 91.0 Å². The van der Waals surface area contributed by atoms with Gasteiger partial charge in [-0.15, -0.1) is 0 Å². The Bertz CT molecular complexity index is 269. The van der Waals surface area contributed by atoms with Gasteiger partial charge in [-0.2, -0.15) is 13.2 Å². The second-order valence-corrected chi connectivity index (χ2v) is 4.07. The molecule has 0 aromatic rings. The maximum Gasteiger partial charge on any atom is 0.397 e. The molecule has 1 rings (SSSR count). The molecule has 4 nitrogen and oxygen atoms in total. The van der Waals surface area contributed by atoms with Gasteiger partial charge in [-0.3, -0.25) is 9.69 Å². The highest BCUT2D eigenvalue weighted by atomic mass is 19.4. The van der Waals surface area contributed by atoms with Crippen molar-refractivity contribution in [1.29, 1.82) is 0 Å². The van der Waals surface area contributed by atoms with E-state index in [-0.39, 0.29) is 26.1 Å². The molecule has 1 fully saturated rings. The van der Waals surface area contributed by atoms with Gasteiger partial charge in [0.05, 0.1) is 13.2 Å². The molecule has 0 spiro atoms. The summed E-state index contributed by atoms with van der Waals surface area (Å²) in [6, 6.07) is 0. The van der Waals surface area contributed by atoms with E-state index in [1.165, 1.54) is 12.0 Å². The van der Waals surface area contributed by atoms with Gasteiger partial charge in [0.1, 0.15) is 5.41 Å². The predicted octanol–water partition coefficient (Wildman–Crippen LogP) is 0.972. The van der Waals surface area contributed by atoms with Crippen LogP contribution in [0.5, 0.6) is 0 Å². The van der Waals surface area contributed by atoms with Crippen LogP contribution in [0.15, 0.2) is 0 Å². The average molecular weight is 241 g/mol. The number of nitrogens with zero attached hydrogens (tertiary/aromatic N) is 1. The molecule has 0 unspecified atom stereocenters. The van der Waals surface area contributed by atoms with Crippen molar-refractivity contribution < 1.29 is 27.8 Å². The number of hydrogen-bond acceptors (Lipinski definition) is 3. The van der Waals surface area contributed by atoms with Gasteiger partial charge in [0.15, 0.2) is 0 Å². The first-order valence-electron chi connectivity index (χ1n) is 4.80. The molecular formula is C9H14F3NO3. The molecule has 1 saturated heterocycles. The third kappa shape index (κ3) is 2.65. The average Bonchev–Trinajstić information content (AvgIpc) is 2.48. The van der Waals surface area contributed by atoms with E-state index < -0.39 is 24.2 Å². The maximum absolute atomic E-state index is 12.9. The molecule has 0 aromatic heterocycles. The zero-order valence-corrected chi connectivity index (χ0v) is 8.88. The highest BCUT2D eigenvalue weighted by Crippen LogP contribution is 2.45. The minimum atomic E-state index is -4.36. The van der Waals surface area contributed by atoms with Crippen molar-refractivity contribution in [3.63, 3.8) is 0 Å². The number of ether oxygens (including phenoxy) is 1. The lowest BCUT2D eigenvalue weighted by Gasteiger charge is -2.30. The molecule has 1 heterocycles. The number of hydrogen-bond donors (Lipinski definition) is 1. The zero-order chi connectivity index (χ0) is 12.4. The number of methoxy groups -OCH3 is 1. The van der Waals surface area contributed by atoms with Gasteiger partial charge < -0.3 is 9.84 Å². The fourth-order valence-electron chi connectivity index (χ4n) is 1.99. The summed E-state index contributed by atoms with van der Waals surface area (Å²) >= 11 is 0. The van der Waals surface area contributed by atoms with Gasteiger partial charge in [0.25, 0.3) is 0 Å². The molecule has 0 aliphatic carbocycles. The molecule has 0 bridgehead atoms. The number of halogens is 3. The van der Waals surface area contributed by atoms with E-state index in [1.807, 2.05) is 0 Å². The minimum absolute atomic E-state index is 0.113. The standard InChI is InChI=1S/C9H14F3NO3/c1-16-6-8(9(10,11)12)2-3-13(5-8)4-7(14)15/h2-6H2,1H3,(H,14,15)/t8-/m0/s1. The van der Waals surface area contributed by atoms with Crippen LogP contribution in [0.4, 0.5) is 13.2 Å². The lowest BCUT2D eigenvalue weighted by atomic mass is 9.87. The van der Waals surface area contributed by atoms with Gasteiger partial charge in [0, 0.05) is 13.7 Å². The van der Waals surface area contributed by atoms with E-state index in [9.17, 15) is 18.0 Å². The number of carboxylic acid groups (broad SMARTS) is 1. The Hall–Kier alpha value is -0.820. The Kier molecular flexibility index (Phi) is 3.80. The van der Waals surface area contributed by atoms with Crippen LogP contribution < -0.4 is 0 Å². The molecule has 1 N–H and O–H groups in total. The number of aliphatic carboxylic acids is 1. The normalized spacial score (nSPS) is 27.2. The van der Waals surface area contributed by atoms with Crippen LogP contribution in [0.1, 0.15) is 6.42 Å². The summed E-state index contributed by atoms with van der Waals surface area (Å²) in [5.74, 6) is -1.12. The molecule has 0 radical (unpaired) electrons. The lowest BCUT2D eigenvalue weighted by molar-refractivity contribution is -0.233. The molecular weight excluding hydrogens is 227 g/mol. The Morgan fingerprint density at radius 2 is 2.19 bits per heavy atom. The summed E-state index contributed by atoms with van der Waals surface area (Å²) in [4.78, 5) is 11.7. The number of carboxylic acids is 1. The molecule has 94 valence electrons. The first kappa shape index (κ1) is 13.2. The first-order valence-corrected chi connectivity index (χ1v) is 4.80. The van der Waals surface area contributed by atoms with Crippen molar-refractivity contribution in [1.82, 2.24) is 4.90 Å². The van der Waals surface area contributed by atoms with Crippen molar-refractivity contribution in [2.45, 2.75) is 12.6 Å². The van der Waals surface area contributed by atoms with E-state index >= 15 is 0 Å². The maximum atomic E-state index is 12.9. The summed E-state index contributed by atoms with van der Waals surface area (Å²) in [6.07, 6.45) is -4.48. The van der Waals surface area contributed by atoms with E-state index in [2.05, 4.69) is 4.74 Å². The van der Waals surface area contributed by atoms with Crippen molar-refractivity contribution in [3.05, 3.63) is 0 Å². The van der Waals surface area contributed by atoms with E-state index in [0.29, 0.717) is 0 Å². The number of likely N-dealkylation sites (tertiary alicyclic amines) is 1. The van der Waals surface area contributed by atoms with Gasteiger partial charge in [0.2, 0.25) is 0 Å². The highest BCUT2D eigenvalue weighted by Gasteiger charge is 2.58. The van der Waals surface area contributed by atoms with E-state index in [0.717, 1.165) is 0 Å². The SMILES string of the molecule is COC[C@]1(C(F)(F)F)CCN(CC(=O)O)C1. The third-order valence-electron chi connectivity index (χ3n) is 2.81. The van der Waals surface area contributed by atoms with Crippen LogP contribution in [-0.2, 0) is 9.53 Å². The van der Waals surface area contributed by atoms with E-state index in [1.54, 1.807) is 0 Å². The Balaban J connectivity index is 2.72. The van der Waals surface area contributed by atoms with Crippen LogP contribution in [0.3, 0.4) is 0 Å². The van der Waals surface area contributed by atoms with Crippen molar-refractivity contribution in [3.8, 4) is 0 Å². The zero-order valence-electron chi connectivity index (χ0n) is 8.88. The Morgan fingerprint density at radius 3 is 2.62 bits per heavy atom.